The van der Waals surface area contributed by atoms with Gasteiger partial charge in [0.2, 0.25) is 0 Å². The number of halogens is 7. The Morgan fingerprint density at radius 1 is 0.846 bits per heavy atom. The number of hydrogen-bond donors (Lipinski definition) is 0. The Bertz CT molecular complexity index is 111. The van der Waals surface area contributed by atoms with Gasteiger partial charge in [-0.2, -0.15) is 0 Å². The highest BCUT2D eigenvalue weighted by atomic mass is 35.5. The third-order valence-corrected chi connectivity index (χ3v) is 2.99. The van der Waals surface area contributed by atoms with E-state index in [9.17, 15) is 0 Å². The number of rotatable bonds is 2. The molecule has 79 valence electrons. The van der Waals surface area contributed by atoms with Crippen LogP contribution in [0.1, 0.15) is 0 Å². The molecule has 3 radical (unpaired) electrons. The van der Waals surface area contributed by atoms with E-state index in [0.717, 1.165) is 0 Å². The van der Waals surface area contributed by atoms with Crippen LogP contribution in [0.3, 0.4) is 0 Å². The molecule has 0 unspecified atom stereocenters. The van der Waals surface area contributed by atoms with Crippen LogP contribution in [0.2, 0.25) is 0 Å². The molecule has 0 nitrogen and oxygen atoms in total. The maximum atomic E-state index is 5.39. The first-order valence-electron chi connectivity index (χ1n) is 2.58. The molecular weight excluding hydrogens is 320 g/mol. The first-order chi connectivity index (χ1) is 5.45. The molecule has 0 aliphatic heterocycles. The van der Waals surface area contributed by atoms with Crippen LogP contribution in [-0.4, -0.2) is 17.1 Å². The van der Waals surface area contributed by atoms with Crippen molar-refractivity contribution in [1.29, 1.82) is 0 Å². The van der Waals surface area contributed by atoms with Crippen molar-refractivity contribution in [2.45, 2.75) is 5.38 Å². The second-order valence-corrected chi connectivity index (χ2v) is 4.56. The molecular formula is C6H6Cl7. The summed E-state index contributed by atoms with van der Waals surface area (Å²) in [5, 5.41) is -0.0617. The average Bonchev–Trinajstić information content (AvgIpc) is 2.04. The van der Waals surface area contributed by atoms with Crippen LogP contribution in [0.5, 0.6) is 0 Å². The summed E-state index contributed by atoms with van der Waals surface area (Å²) in [5.74, 6) is 0.871. The molecule has 0 heterocycles. The predicted octanol–water partition coefficient (Wildman–Crippen LogP) is 5.34. The molecule has 0 spiro atoms. The van der Waals surface area contributed by atoms with E-state index in [4.69, 9.17) is 81.2 Å². The van der Waals surface area contributed by atoms with Gasteiger partial charge in [-0.3, -0.25) is 0 Å². The molecule has 0 aliphatic rings. The zero-order valence-corrected chi connectivity index (χ0v) is 11.5. The van der Waals surface area contributed by atoms with Gasteiger partial charge < -0.3 is 0 Å². The molecule has 0 bridgehead atoms. The van der Waals surface area contributed by atoms with Crippen molar-refractivity contribution in [3.63, 3.8) is 0 Å². The fourth-order valence-corrected chi connectivity index (χ4v) is 0.371. The van der Waals surface area contributed by atoms with Crippen LogP contribution in [-0.2, 0) is 0 Å². The van der Waals surface area contributed by atoms with Crippen molar-refractivity contribution >= 4 is 81.2 Å². The van der Waals surface area contributed by atoms with E-state index in [1.807, 2.05) is 0 Å². The van der Waals surface area contributed by atoms with E-state index in [2.05, 4.69) is 0 Å². The smallest absolute Gasteiger partial charge is 0.125 e. The summed E-state index contributed by atoms with van der Waals surface area (Å²) in [5.41, 5.74) is 0. The molecule has 13 heavy (non-hydrogen) atoms. The minimum absolute atomic E-state index is 0. The lowest BCUT2D eigenvalue weighted by Gasteiger charge is -1.92. The quantitative estimate of drug-likeness (QED) is 0.601. The molecule has 0 fully saturated rings. The Morgan fingerprint density at radius 2 is 1.08 bits per heavy atom. The van der Waals surface area contributed by atoms with E-state index < -0.39 is 0 Å². The first kappa shape index (κ1) is 20.2. The second-order valence-electron chi connectivity index (χ2n) is 1.43. The Balaban J connectivity index is -0.000000143. The SMILES string of the molecule is ClC(Cl)=C(Cl)Cl.ClCC(Cl)CCl.[CH]. The minimum Gasteiger partial charge on any atom is -0.125 e. The van der Waals surface area contributed by atoms with Crippen LogP contribution in [0.25, 0.3) is 0 Å². The standard InChI is InChI=1S/C3H5Cl3.C2Cl4.CH/c4-1-3(6)2-5;3-1(4)2(5)6;/h3H,1-2H2;;1H. The molecule has 0 saturated carbocycles. The number of hydrogen-bond acceptors (Lipinski definition) is 0. The third kappa shape index (κ3) is 20.0. The van der Waals surface area contributed by atoms with E-state index >= 15 is 0 Å². The van der Waals surface area contributed by atoms with Gasteiger partial charge in [-0.25, -0.2) is 0 Å². The molecule has 0 atom stereocenters. The molecule has 0 N–H and O–H groups in total. The lowest BCUT2D eigenvalue weighted by Crippen LogP contribution is -1.99. The van der Waals surface area contributed by atoms with Gasteiger partial charge in [0.15, 0.2) is 0 Å². The van der Waals surface area contributed by atoms with Gasteiger partial charge in [-0.05, 0) is 7.43 Å². The molecule has 0 rings (SSSR count). The summed E-state index contributed by atoms with van der Waals surface area (Å²) in [4.78, 5) is 0. The van der Waals surface area contributed by atoms with Gasteiger partial charge in [-0.1, -0.05) is 46.4 Å². The lowest BCUT2D eigenvalue weighted by atomic mass is 10.6. The van der Waals surface area contributed by atoms with Crippen LogP contribution in [0.4, 0.5) is 0 Å². The normalized spacial score (nSPS) is 8.31. The zero-order valence-electron chi connectivity index (χ0n) is 6.21. The Kier molecular flexibility index (Phi) is 21.4. The fraction of sp³-hybridized carbons (Fsp3) is 0.500. The van der Waals surface area contributed by atoms with Crippen molar-refractivity contribution in [2.24, 2.45) is 0 Å². The highest BCUT2D eigenvalue weighted by Crippen LogP contribution is 2.20. The van der Waals surface area contributed by atoms with Crippen LogP contribution in [0.15, 0.2) is 8.98 Å². The summed E-state index contributed by atoms with van der Waals surface area (Å²) in [7, 11) is 0. The van der Waals surface area contributed by atoms with Crippen molar-refractivity contribution in [1.82, 2.24) is 0 Å². The number of alkyl halides is 3. The van der Waals surface area contributed by atoms with Crippen LogP contribution >= 0.6 is 81.2 Å². The van der Waals surface area contributed by atoms with Crippen molar-refractivity contribution in [3.05, 3.63) is 16.4 Å². The first-order valence-corrected chi connectivity index (χ1v) is 5.59. The Morgan fingerprint density at radius 3 is 1.08 bits per heavy atom. The summed E-state index contributed by atoms with van der Waals surface area (Å²) in [6.45, 7) is 0. The van der Waals surface area contributed by atoms with Gasteiger partial charge in [0, 0.05) is 11.8 Å². The fourth-order valence-electron chi connectivity index (χ4n) is 0.0412. The Hall–Kier alpha value is 1.77. The average molecular weight is 326 g/mol. The summed E-state index contributed by atoms with van der Waals surface area (Å²) < 4.78 is -0.198. The molecule has 0 aliphatic carbocycles. The van der Waals surface area contributed by atoms with Crippen molar-refractivity contribution < 1.29 is 0 Å². The van der Waals surface area contributed by atoms with E-state index in [1.54, 1.807) is 0 Å². The maximum absolute atomic E-state index is 5.39. The monoisotopic (exact) mass is 323 g/mol. The third-order valence-electron chi connectivity index (χ3n) is 0.478. The van der Waals surface area contributed by atoms with Crippen LogP contribution < -0.4 is 0 Å². The summed E-state index contributed by atoms with van der Waals surface area (Å²) >= 11 is 35.8. The van der Waals surface area contributed by atoms with Crippen LogP contribution in [0, 0.1) is 7.43 Å². The molecule has 0 aromatic rings. The van der Waals surface area contributed by atoms with Gasteiger partial charge >= 0.3 is 0 Å². The second kappa shape index (κ2) is 13.8. The van der Waals surface area contributed by atoms with E-state index in [-0.39, 0.29) is 21.8 Å². The Labute approximate surface area is 114 Å². The largest absolute Gasteiger partial charge is 0.136 e. The van der Waals surface area contributed by atoms with Crippen molar-refractivity contribution in [3.8, 4) is 0 Å². The topological polar surface area (TPSA) is 0 Å². The minimum atomic E-state index is -0.0988. The van der Waals surface area contributed by atoms with Gasteiger partial charge in [-0.15, -0.1) is 34.8 Å². The maximum Gasteiger partial charge on any atom is 0.136 e. The highest BCUT2D eigenvalue weighted by Gasteiger charge is 1.95. The zero-order chi connectivity index (χ0) is 10.1. The highest BCUT2D eigenvalue weighted by molar-refractivity contribution is 6.67. The molecule has 0 amide bonds. The molecule has 0 saturated heterocycles. The molecule has 0 aromatic carbocycles. The molecule has 0 aromatic heterocycles. The van der Waals surface area contributed by atoms with E-state index in [0.29, 0.717) is 11.8 Å². The summed E-state index contributed by atoms with van der Waals surface area (Å²) in [6, 6.07) is 0. The predicted molar refractivity (Wildman–Crippen MR) is 65.8 cm³/mol. The van der Waals surface area contributed by atoms with E-state index in [1.165, 1.54) is 0 Å². The summed E-state index contributed by atoms with van der Waals surface area (Å²) in [6.07, 6.45) is 0. The van der Waals surface area contributed by atoms with Crippen molar-refractivity contribution in [2.75, 3.05) is 11.8 Å². The lowest BCUT2D eigenvalue weighted by molar-refractivity contribution is 1.12. The van der Waals surface area contributed by atoms with Gasteiger partial charge in [0.1, 0.15) is 8.98 Å². The van der Waals surface area contributed by atoms with Gasteiger partial charge in [0.05, 0.1) is 5.38 Å². The van der Waals surface area contributed by atoms with Gasteiger partial charge in [0.25, 0.3) is 0 Å². The molecule has 7 heteroatoms.